The summed E-state index contributed by atoms with van der Waals surface area (Å²) in [7, 11) is 0. The molecule has 2 aromatic rings. The van der Waals surface area contributed by atoms with Crippen LogP contribution in [0.3, 0.4) is 0 Å². The van der Waals surface area contributed by atoms with Gasteiger partial charge < -0.3 is 4.90 Å². The van der Waals surface area contributed by atoms with Crippen LogP contribution in [0.25, 0.3) is 10.8 Å². The summed E-state index contributed by atoms with van der Waals surface area (Å²) in [5.74, 6) is 0.149. The first kappa shape index (κ1) is 12.2. The number of anilines is 1. The molecule has 0 saturated heterocycles. The Bertz CT molecular complexity index is 647. The number of rotatable bonds is 2. The molecular formula is C17H19NO. The van der Waals surface area contributed by atoms with Crippen molar-refractivity contribution in [1.29, 1.82) is 0 Å². The Morgan fingerprint density at radius 3 is 2.42 bits per heavy atom. The average Bonchev–Trinajstić information content (AvgIpc) is 2.62. The van der Waals surface area contributed by atoms with Gasteiger partial charge in [0.2, 0.25) is 0 Å². The van der Waals surface area contributed by atoms with Crippen molar-refractivity contribution in [2.45, 2.75) is 27.2 Å². The van der Waals surface area contributed by atoms with Crippen molar-refractivity contribution in [1.82, 2.24) is 0 Å². The summed E-state index contributed by atoms with van der Waals surface area (Å²) in [6.07, 6.45) is 1.00. The van der Waals surface area contributed by atoms with Gasteiger partial charge in [0.1, 0.15) is 0 Å². The molecule has 1 amide bonds. The Morgan fingerprint density at radius 2 is 1.74 bits per heavy atom. The molecule has 2 nitrogen and oxygen atoms in total. The lowest BCUT2D eigenvalue weighted by molar-refractivity contribution is 0.0990. The van der Waals surface area contributed by atoms with Gasteiger partial charge in [0.15, 0.2) is 0 Å². The maximum Gasteiger partial charge on any atom is 0.258 e. The van der Waals surface area contributed by atoms with Gasteiger partial charge >= 0.3 is 0 Å². The lowest BCUT2D eigenvalue weighted by Gasteiger charge is -2.24. The number of benzene rings is 2. The minimum absolute atomic E-state index is 0.149. The number of hydrogen-bond donors (Lipinski definition) is 0. The molecule has 1 heterocycles. The van der Waals surface area contributed by atoms with Crippen LogP contribution in [-0.4, -0.2) is 12.5 Å². The lowest BCUT2D eigenvalue weighted by atomic mass is 9.92. The largest absolute Gasteiger partial charge is 0.308 e. The molecule has 0 bridgehead atoms. The fraction of sp³-hybridized carbons (Fsp3) is 0.353. The maximum absolute atomic E-state index is 12.5. The SMILES string of the molecule is CC(C)(C)CCN1C(=O)c2cccc3cccc1c23. The molecule has 0 saturated carbocycles. The van der Waals surface area contributed by atoms with Crippen LogP contribution in [-0.2, 0) is 0 Å². The first-order valence-corrected chi connectivity index (χ1v) is 6.81. The number of nitrogens with zero attached hydrogens (tertiary/aromatic N) is 1. The quantitative estimate of drug-likeness (QED) is 0.784. The van der Waals surface area contributed by atoms with E-state index < -0.39 is 0 Å². The Hall–Kier alpha value is -1.83. The van der Waals surface area contributed by atoms with Crippen molar-refractivity contribution >= 4 is 22.4 Å². The molecule has 0 fully saturated rings. The van der Waals surface area contributed by atoms with Crippen LogP contribution in [0.4, 0.5) is 5.69 Å². The number of carbonyl (C=O) groups excluding carboxylic acids is 1. The Kier molecular flexibility index (Phi) is 2.63. The molecule has 0 unspecified atom stereocenters. The van der Waals surface area contributed by atoms with E-state index in [0.29, 0.717) is 0 Å². The van der Waals surface area contributed by atoms with E-state index in [0.717, 1.165) is 35.0 Å². The minimum atomic E-state index is 0.149. The van der Waals surface area contributed by atoms with Crippen molar-refractivity contribution < 1.29 is 4.79 Å². The maximum atomic E-state index is 12.5. The molecule has 1 aliphatic rings. The fourth-order valence-electron chi connectivity index (χ4n) is 2.65. The molecule has 98 valence electrons. The molecule has 0 aliphatic carbocycles. The molecule has 0 aromatic heterocycles. The number of carbonyl (C=O) groups is 1. The predicted molar refractivity (Wildman–Crippen MR) is 79.7 cm³/mol. The summed E-state index contributed by atoms with van der Waals surface area (Å²) in [5, 5.41) is 2.27. The molecule has 19 heavy (non-hydrogen) atoms. The van der Waals surface area contributed by atoms with Crippen LogP contribution in [0.2, 0.25) is 0 Å². The first-order valence-electron chi connectivity index (χ1n) is 6.81. The van der Waals surface area contributed by atoms with Crippen LogP contribution in [0.5, 0.6) is 0 Å². The summed E-state index contributed by atoms with van der Waals surface area (Å²) < 4.78 is 0. The van der Waals surface area contributed by atoms with Gasteiger partial charge in [-0.05, 0) is 29.4 Å². The van der Waals surface area contributed by atoms with Gasteiger partial charge in [-0.1, -0.05) is 45.0 Å². The van der Waals surface area contributed by atoms with Gasteiger partial charge in [-0.2, -0.15) is 0 Å². The summed E-state index contributed by atoms with van der Waals surface area (Å²) in [6.45, 7) is 7.42. The van der Waals surface area contributed by atoms with Crippen LogP contribution < -0.4 is 4.90 Å². The molecule has 3 rings (SSSR count). The summed E-state index contributed by atoms with van der Waals surface area (Å²) in [6, 6.07) is 12.1. The van der Waals surface area contributed by atoms with Gasteiger partial charge in [-0.25, -0.2) is 0 Å². The minimum Gasteiger partial charge on any atom is -0.308 e. The Morgan fingerprint density at radius 1 is 1.05 bits per heavy atom. The third kappa shape index (κ3) is 2.01. The summed E-state index contributed by atoms with van der Waals surface area (Å²) in [4.78, 5) is 14.5. The second-order valence-corrected chi connectivity index (χ2v) is 6.45. The van der Waals surface area contributed by atoms with E-state index in [1.807, 2.05) is 23.1 Å². The van der Waals surface area contributed by atoms with Gasteiger partial charge in [0.25, 0.3) is 5.91 Å². The van der Waals surface area contributed by atoms with Gasteiger partial charge in [-0.3, -0.25) is 4.79 Å². The van der Waals surface area contributed by atoms with E-state index in [2.05, 4.69) is 39.0 Å². The highest BCUT2D eigenvalue weighted by Crippen LogP contribution is 2.37. The van der Waals surface area contributed by atoms with E-state index in [1.54, 1.807) is 0 Å². The zero-order valence-electron chi connectivity index (χ0n) is 11.7. The smallest absolute Gasteiger partial charge is 0.258 e. The zero-order valence-corrected chi connectivity index (χ0v) is 11.7. The highest BCUT2D eigenvalue weighted by molar-refractivity contribution is 6.24. The average molecular weight is 253 g/mol. The van der Waals surface area contributed by atoms with E-state index in [1.165, 1.54) is 0 Å². The predicted octanol–water partition coefficient (Wildman–Crippen LogP) is 4.24. The lowest BCUT2D eigenvalue weighted by Crippen LogP contribution is -2.30. The van der Waals surface area contributed by atoms with Gasteiger partial charge in [0, 0.05) is 17.5 Å². The Labute approximate surface area is 114 Å². The molecule has 0 N–H and O–H groups in total. The van der Waals surface area contributed by atoms with E-state index >= 15 is 0 Å². The molecule has 1 aliphatic heterocycles. The van der Waals surface area contributed by atoms with Crippen molar-refractivity contribution in [2.75, 3.05) is 11.4 Å². The van der Waals surface area contributed by atoms with Crippen molar-refractivity contribution in [2.24, 2.45) is 5.41 Å². The molecule has 2 heteroatoms. The first-order chi connectivity index (χ1) is 8.97. The zero-order chi connectivity index (χ0) is 13.6. The monoisotopic (exact) mass is 253 g/mol. The molecule has 0 spiro atoms. The van der Waals surface area contributed by atoms with Crippen LogP contribution in [0, 0.1) is 5.41 Å². The summed E-state index contributed by atoms with van der Waals surface area (Å²) in [5.41, 5.74) is 2.16. The van der Waals surface area contributed by atoms with Crippen molar-refractivity contribution in [3.63, 3.8) is 0 Å². The van der Waals surface area contributed by atoms with Crippen LogP contribution >= 0.6 is 0 Å². The number of hydrogen-bond acceptors (Lipinski definition) is 1. The third-order valence-corrected chi connectivity index (χ3v) is 3.73. The van der Waals surface area contributed by atoms with Crippen LogP contribution in [0.15, 0.2) is 36.4 Å². The second-order valence-electron chi connectivity index (χ2n) is 6.45. The van der Waals surface area contributed by atoms with Crippen molar-refractivity contribution in [3.8, 4) is 0 Å². The fourth-order valence-corrected chi connectivity index (χ4v) is 2.65. The van der Waals surface area contributed by atoms with Crippen LogP contribution in [0.1, 0.15) is 37.6 Å². The number of amides is 1. The highest BCUT2D eigenvalue weighted by Gasteiger charge is 2.29. The van der Waals surface area contributed by atoms with E-state index in [4.69, 9.17) is 0 Å². The highest BCUT2D eigenvalue weighted by atomic mass is 16.2. The Balaban J connectivity index is 2.03. The normalized spacial score (nSPS) is 14.5. The molecule has 2 aromatic carbocycles. The van der Waals surface area contributed by atoms with Gasteiger partial charge in [-0.15, -0.1) is 0 Å². The summed E-state index contributed by atoms with van der Waals surface area (Å²) >= 11 is 0. The van der Waals surface area contributed by atoms with E-state index in [-0.39, 0.29) is 11.3 Å². The molecular weight excluding hydrogens is 234 g/mol. The van der Waals surface area contributed by atoms with Gasteiger partial charge in [0.05, 0.1) is 5.69 Å². The molecule has 0 atom stereocenters. The topological polar surface area (TPSA) is 20.3 Å². The van der Waals surface area contributed by atoms with Crippen molar-refractivity contribution in [3.05, 3.63) is 42.0 Å². The second kappa shape index (κ2) is 4.09. The third-order valence-electron chi connectivity index (χ3n) is 3.73. The van der Waals surface area contributed by atoms with E-state index in [9.17, 15) is 4.79 Å². The molecule has 0 radical (unpaired) electrons. The standard InChI is InChI=1S/C17H19NO/c1-17(2,3)10-11-18-14-9-5-7-12-6-4-8-13(15(12)14)16(18)19/h4-9H,10-11H2,1-3H3.